The van der Waals surface area contributed by atoms with Crippen LogP contribution in [0.4, 0.5) is 0 Å². The zero-order valence-electron chi connectivity index (χ0n) is 15.9. The van der Waals surface area contributed by atoms with Crippen LogP contribution in [0.15, 0.2) is 83.8 Å². The van der Waals surface area contributed by atoms with E-state index in [4.69, 9.17) is 9.47 Å². The van der Waals surface area contributed by atoms with Crippen LogP contribution in [-0.2, 0) is 14.6 Å². The number of hydrogen-bond acceptors (Lipinski definition) is 5. The van der Waals surface area contributed by atoms with Gasteiger partial charge in [-0.2, -0.15) is 0 Å². The number of carbonyl (C=O) groups excluding carboxylic acids is 1. The quantitative estimate of drug-likeness (QED) is 0.596. The predicted octanol–water partition coefficient (Wildman–Crippen LogP) is 4.03. The number of sulfone groups is 1. The second-order valence-corrected chi connectivity index (χ2v) is 8.94. The van der Waals surface area contributed by atoms with Crippen molar-refractivity contribution in [3.8, 4) is 11.5 Å². The Labute approximate surface area is 169 Å². The van der Waals surface area contributed by atoms with Crippen molar-refractivity contribution in [1.82, 2.24) is 0 Å². The Morgan fingerprint density at radius 3 is 2.34 bits per heavy atom. The Kier molecular flexibility index (Phi) is 4.88. The maximum atomic E-state index is 14.0. The fourth-order valence-electron chi connectivity index (χ4n) is 3.85. The Balaban J connectivity index is 2.04. The predicted molar refractivity (Wildman–Crippen MR) is 109 cm³/mol. The Morgan fingerprint density at radius 2 is 1.59 bits per heavy atom. The van der Waals surface area contributed by atoms with Crippen molar-refractivity contribution in [2.45, 2.75) is 16.1 Å². The standard InChI is InChI=1S/C23H20O5S/c1-27-20-13-7-5-11-18(20)22(24)23(29(25,26)17-9-3-2-4-10-17)15-16-28-21-14-8-6-12-19(21)23/h2-14H,15-16H2,1H3. The van der Waals surface area contributed by atoms with Gasteiger partial charge in [-0.1, -0.05) is 48.5 Å². The van der Waals surface area contributed by atoms with Crippen molar-refractivity contribution in [3.63, 3.8) is 0 Å². The van der Waals surface area contributed by atoms with Crippen molar-refractivity contribution in [2.24, 2.45) is 0 Å². The van der Waals surface area contributed by atoms with Crippen LogP contribution >= 0.6 is 0 Å². The molecule has 0 bridgehead atoms. The average molecular weight is 408 g/mol. The monoisotopic (exact) mass is 408 g/mol. The summed E-state index contributed by atoms with van der Waals surface area (Å²) >= 11 is 0. The summed E-state index contributed by atoms with van der Waals surface area (Å²) in [7, 11) is -2.63. The molecule has 148 valence electrons. The molecule has 0 N–H and O–H groups in total. The van der Waals surface area contributed by atoms with Gasteiger partial charge in [0.25, 0.3) is 0 Å². The average Bonchev–Trinajstić information content (AvgIpc) is 2.78. The minimum atomic E-state index is -4.09. The molecule has 1 aliphatic heterocycles. The van der Waals surface area contributed by atoms with E-state index in [0.29, 0.717) is 17.1 Å². The molecule has 1 unspecified atom stereocenters. The van der Waals surface area contributed by atoms with Crippen LogP contribution in [0.25, 0.3) is 0 Å². The zero-order chi connectivity index (χ0) is 20.5. The molecule has 1 aliphatic rings. The van der Waals surface area contributed by atoms with E-state index >= 15 is 0 Å². The number of rotatable bonds is 5. The third-order valence-corrected chi connectivity index (χ3v) is 7.68. The highest BCUT2D eigenvalue weighted by molar-refractivity contribution is 7.93. The maximum absolute atomic E-state index is 14.0. The topological polar surface area (TPSA) is 69.7 Å². The lowest BCUT2D eigenvalue weighted by molar-refractivity contribution is 0.0898. The lowest BCUT2D eigenvalue weighted by atomic mass is 9.85. The number of hydrogen-bond donors (Lipinski definition) is 0. The van der Waals surface area contributed by atoms with Crippen LogP contribution in [-0.4, -0.2) is 27.9 Å². The molecular formula is C23H20O5S. The number of benzene rings is 3. The second kappa shape index (κ2) is 7.37. The van der Waals surface area contributed by atoms with E-state index in [1.165, 1.54) is 19.2 Å². The van der Waals surface area contributed by atoms with Gasteiger partial charge in [0.1, 0.15) is 11.5 Å². The summed E-state index contributed by atoms with van der Waals surface area (Å²) in [6, 6.07) is 21.6. The molecule has 0 fully saturated rings. The van der Waals surface area contributed by atoms with Crippen LogP contribution < -0.4 is 9.47 Å². The summed E-state index contributed by atoms with van der Waals surface area (Å²) in [4.78, 5) is 14.1. The third kappa shape index (κ3) is 2.91. The van der Waals surface area contributed by atoms with E-state index in [2.05, 4.69) is 0 Å². The van der Waals surface area contributed by atoms with Gasteiger partial charge < -0.3 is 9.47 Å². The molecule has 3 aromatic rings. The van der Waals surface area contributed by atoms with Gasteiger partial charge in [0.15, 0.2) is 20.4 Å². The third-order valence-electron chi connectivity index (χ3n) is 5.26. The number of ketones is 1. The molecule has 0 saturated heterocycles. The molecule has 29 heavy (non-hydrogen) atoms. The smallest absolute Gasteiger partial charge is 0.196 e. The normalized spacial score (nSPS) is 18.4. The van der Waals surface area contributed by atoms with Gasteiger partial charge in [-0.25, -0.2) is 8.42 Å². The van der Waals surface area contributed by atoms with Crippen molar-refractivity contribution in [1.29, 1.82) is 0 Å². The highest BCUT2D eigenvalue weighted by atomic mass is 32.2. The first-order valence-corrected chi connectivity index (χ1v) is 10.7. The number of carbonyl (C=O) groups is 1. The highest BCUT2D eigenvalue weighted by Crippen LogP contribution is 2.48. The first-order valence-electron chi connectivity index (χ1n) is 9.22. The molecule has 1 atom stereocenters. The van der Waals surface area contributed by atoms with Gasteiger partial charge in [0, 0.05) is 12.0 Å². The number of fused-ring (bicyclic) bond motifs is 1. The first-order chi connectivity index (χ1) is 14.0. The Hall–Kier alpha value is -3.12. The number of ether oxygens (including phenoxy) is 2. The fraction of sp³-hybridized carbons (Fsp3) is 0.174. The number of Topliss-reactive ketones (excluding diaryl/α,β-unsaturated/α-hetero) is 1. The number of methoxy groups -OCH3 is 1. The van der Waals surface area contributed by atoms with Crippen LogP contribution in [0, 0.1) is 0 Å². The van der Waals surface area contributed by atoms with E-state index in [1.54, 1.807) is 66.7 Å². The fourth-order valence-corrected chi connectivity index (χ4v) is 5.94. The van der Waals surface area contributed by atoms with Crippen molar-refractivity contribution in [3.05, 3.63) is 90.0 Å². The van der Waals surface area contributed by atoms with Gasteiger partial charge in [0.2, 0.25) is 0 Å². The van der Waals surface area contributed by atoms with Crippen molar-refractivity contribution < 1.29 is 22.7 Å². The molecule has 1 heterocycles. The Morgan fingerprint density at radius 1 is 0.931 bits per heavy atom. The summed E-state index contributed by atoms with van der Waals surface area (Å²) in [5.41, 5.74) is 0.581. The summed E-state index contributed by atoms with van der Waals surface area (Å²) in [6.07, 6.45) is 0.0120. The van der Waals surface area contributed by atoms with Crippen LogP contribution in [0.3, 0.4) is 0 Å². The minimum Gasteiger partial charge on any atom is -0.496 e. The largest absolute Gasteiger partial charge is 0.496 e. The van der Waals surface area contributed by atoms with E-state index in [9.17, 15) is 13.2 Å². The van der Waals surface area contributed by atoms with Gasteiger partial charge in [-0.15, -0.1) is 0 Å². The zero-order valence-corrected chi connectivity index (χ0v) is 16.7. The SMILES string of the molecule is COc1ccccc1C(=O)C1(S(=O)(=O)c2ccccc2)CCOc2ccccc21. The van der Waals surface area contributed by atoms with Crippen LogP contribution in [0.2, 0.25) is 0 Å². The maximum Gasteiger partial charge on any atom is 0.196 e. The second-order valence-electron chi connectivity index (χ2n) is 6.77. The minimum absolute atomic E-state index is 0.0120. The Bertz CT molecular complexity index is 1150. The molecule has 0 aliphatic carbocycles. The molecule has 0 spiro atoms. The number of para-hydroxylation sites is 2. The molecule has 0 radical (unpaired) electrons. The van der Waals surface area contributed by atoms with Gasteiger partial charge >= 0.3 is 0 Å². The van der Waals surface area contributed by atoms with E-state index < -0.39 is 20.4 Å². The van der Waals surface area contributed by atoms with Gasteiger partial charge in [-0.05, 0) is 30.3 Å². The molecule has 5 nitrogen and oxygen atoms in total. The molecule has 6 heteroatoms. The van der Waals surface area contributed by atoms with Crippen molar-refractivity contribution >= 4 is 15.6 Å². The van der Waals surface area contributed by atoms with Crippen LogP contribution in [0.5, 0.6) is 11.5 Å². The highest BCUT2D eigenvalue weighted by Gasteiger charge is 2.56. The lowest BCUT2D eigenvalue weighted by Gasteiger charge is -2.37. The van der Waals surface area contributed by atoms with Gasteiger partial charge in [-0.3, -0.25) is 4.79 Å². The summed E-state index contributed by atoms with van der Waals surface area (Å²) < 4.78 is 37.2. The van der Waals surface area contributed by atoms with E-state index in [0.717, 1.165) is 0 Å². The summed E-state index contributed by atoms with van der Waals surface area (Å²) in [5.74, 6) is 0.222. The van der Waals surface area contributed by atoms with Crippen LogP contribution in [0.1, 0.15) is 22.3 Å². The molecule has 0 amide bonds. The molecule has 3 aromatic carbocycles. The summed E-state index contributed by atoms with van der Waals surface area (Å²) in [6.45, 7) is 0.115. The molecule has 4 rings (SSSR count). The van der Waals surface area contributed by atoms with E-state index in [-0.39, 0.29) is 23.5 Å². The molecular weight excluding hydrogens is 388 g/mol. The van der Waals surface area contributed by atoms with E-state index in [1.807, 2.05) is 0 Å². The molecule has 0 saturated carbocycles. The summed E-state index contributed by atoms with van der Waals surface area (Å²) in [5, 5.41) is 0. The first kappa shape index (κ1) is 19.2. The van der Waals surface area contributed by atoms with Gasteiger partial charge in [0.05, 0.1) is 24.2 Å². The van der Waals surface area contributed by atoms with Crippen molar-refractivity contribution in [2.75, 3.05) is 13.7 Å². The molecule has 0 aromatic heterocycles. The lowest BCUT2D eigenvalue weighted by Crippen LogP contribution is -2.47.